The Morgan fingerprint density at radius 3 is 2.23 bits per heavy atom. The summed E-state index contributed by atoms with van der Waals surface area (Å²) in [6.07, 6.45) is 0. The summed E-state index contributed by atoms with van der Waals surface area (Å²) in [7, 11) is -2.23. The van der Waals surface area contributed by atoms with Crippen molar-refractivity contribution in [2.24, 2.45) is 0 Å². The summed E-state index contributed by atoms with van der Waals surface area (Å²) in [5.74, 6) is -0.497. The van der Waals surface area contributed by atoms with Crippen molar-refractivity contribution < 1.29 is 13.2 Å². The van der Waals surface area contributed by atoms with Crippen LogP contribution >= 0.6 is 35.4 Å². The van der Waals surface area contributed by atoms with Gasteiger partial charge < -0.3 is 5.32 Å². The van der Waals surface area contributed by atoms with E-state index in [9.17, 15) is 13.2 Å². The van der Waals surface area contributed by atoms with Gasteiger partial charge in [-0.05, 0) is 66.8 Å². The van der Waals surface area contributed by atoms with E-state index < -0.39 is 15.9 Å². The molecule has 0 radical (unpaired) electrons. The molecule has 3 rings (SSSR count). The van der Waals surface area contributed by atoms with E-state index in [2.05, 4.69) is 10.6 Å². The molecule has 1 amide bonds. The fourth-order valence-corrected chi connectivity index (χ4v) is 4.55. The summed E-state index contributed by atoms with van der Waals surface area (Å²) in [5, 5.41) is 6.00. The number of benzene rings is 3. The van der Waals surface area contributed by atoms with Gasteiger partial charge in [0.15, 0.2) is 5.11 Å². The van der Waals surface area contributed by atoms with Crippen molar-refractivity contribution in [1.82, 2.24) is 5.32 Å². The third-order valence-electron chi connectivity index (χ3n) is 4.29. The van der Waals surface area contributed by atoms with Gasteiger partial charge in [0.05, 0.1) is 21.2 Å². The Bertz CT molecular complexity index is 1220. The minimum atomic E-state index is -3.72. The number of hydrogen-bond donors (Lipinski definition) is 2. The molecule has 0 aliphatic heterocycles. The third-order valence-corrected chi connectivity index (χ3v) is 6.84. The van der Waals surface area contributed by atoms with Crippen molar-refractivity contribution in [3.05, 3.63) is 88.4 Å². The first kappa shape index (κ1) is 23.0. The van der Waals surface area contributed by atoms with Crippen molar-refractivity contribution >= 4 is 67.8 Å². The molecule has 0 bridgehead atoms. The van der Waals surface area contributed by atoms with Crippen LogP contribution in [0.15, 0.2) is 77.7 Å². The van der Waals surface area contributed by atoms with Crippen LogP contribution in [-0.4, -0.2) is 26.5 Å². The van der Waals surface area contributed by atoms with Gasteiger partial charge >= 0.3 is 0 Å². The smallest absolute Gasteiger partial charge is 0.264 e. The van der Waals surface area contributed by atoms with E-state index >= 15 is 0 Å². The van der Waals surface area contributed by atoms with E-state index in [0.717, 1.165) is 0 Å². The van der Waals surface area contributed by atoms with Crippen molar-refractivity contribution in [2.45, 2.75) is 4.90 Å². The van der Waals surface area contributed by atoms with E-state index in [-0.39, 0.29) is 20.6 Å². The molecule has 0 spiro atoms. The van der Waals surface area contributed by atoms with Gasteiger partial charge in [0.2, 0.25) is 0 Å². The number of nitrogens with one attached hydrogen (secondary N) is 2. The van der Waals surface area contributed by atoms with E-state index in [1.54, 1.807) is 42.5 Å². The fraction of sp³-hybridized carbons (Fsp3) is 0.0476. The Kier molecular flexibility index (Phi) is 7.17. The Morgan fingerprint density at radius 2 is 1.61 bits per heavy atom. The van der Waals surface area contributed by atoms with Crippen molar-refractivity contribution in [2.75, 3.05) is 16.7 Å². The SMILES string of the molecule is CN(c1ccccc1)S(=O)(=O)c1ccc(NC(=S)NC(=O)c2ccc(Cl)cc2Cl)cc1. The number of anilines is 2. The molecule has 0 aliphatic carbocycles. The highest BCUT2D eigenvalue weighted by Crippen LogP contribution is 2.23. The number of nitrogens with zero attached hydrogens (tertiary/aromatic N) is 1. The molecule has 0 aromatic heterocycles. The monoisotopic (exact) mass is 493 g/mol. The Hall–Kier alpha value is -2.65. The van der Waals surface area contributed by atoms with E-state index in [4.69, 9.17) is 35.4 Å². The summed E-state index contributed by atoms with van der Waals surface area (Å²) in [4.78, 5) is 12.4. The lowest BCUT2D eigenvalue weighted by Gasteiger charge is -2.19. The first-order valence-electron chi connectivity index (χ1n) is 8.90. The number of halogens is 2. The highest BCUT2D eigenvalue weighted by atomic mass is 35.5. The standard InChI is InChI=1S/C21H17Cl2N3O3S2/c1-26(16-5-3-2-4-6-16)31(28,29)17-10-8-15(9-11-17)24-21(30)25-20(27)18-12-7-14(22)13-19(18)23/h2-13H,1H3,(H2,24,25,27,30). The Morgan fingerprint density at radius 1 is 0.968 bits per heavy atom. The predicted molar refractivity (Wildman–Crippen MR) is 129 cm³/mol. The van der Waals surface area contributed by atoms with Crippen molar-refractivity contribution in [3.63, 3.8) is 0 Å². The summed E-state index contributed by atoms with van der Waals surface area (Å²) < 4.78 is 26.9. The summed E-state index contributed by atoms with van der Waals surface area (Å²) in [5.41, 5.74) is 1.28. The van der Waals surface area contributed by atoms with Gasteiger partial charge in [-0.2, -0.15) is 0 Å². The largest absolute Gasteiger partial charge is 0.332 e. The maximum Gasteiger partial charge on any atom is 0.264 e. The first-order valence-corrected chi connectivity index (χ1v) is 11.5. The van der Waals surface area contributed by atoms with E-state index in [1.807, 2.05) is 6.07 Å². The number of carbonyl (C=O) groups is 1. The molecular formula is C21H17Cl2N3O3S2. The zero-order valence-corrected chi connectivity index (χ0v) is 19.3. The molecule has 0 fully saturated rings. The van der Waals surface area contributed by atoms with Crippen LogP contribution in [0.25, 0.3) is 0 Å². The summed E-state index contributed by atoms with van der Waals surface area (Å²) in [6.45, 7) is 0. The first-order chi connectivity index (χ1) is 14.7. The van der Waals surface area contributed by atoms with Crippen LogP contribution < -0.4 is 14.9 Å². The number of hydrogen-bond acceptors (Lipinski definition) is 4. The number of rotatable bonds is 5. The van der Waals surface area contributed by atoms with E-state index in [0.29, 0.717) is 16.4 Å². The Balaban J connectivity index is 1.67. The number of carbonyl (C=O) groups excluding carboxylic acids is 1. The van der Waals surface area contributed by atoms with Gasteiger partial charge in [0.1, 0.15) is 0 Å². The maximum absolute atomic E-state index is 12.8. The number of amides is 1. The van der Waals surface area contributed by atoms with Gasteiger partial charge in [0, 0.05) is 17.8 Å². The van der Waals surface area contributed by atoms with Gasteiger partial charge in [0.25, 0.3) is 15.9 Å². The molecular weight excluding hydrogens is 477 g/mol. The fourth-order valence-electron chi connectivity index (χ4n) is 2.65. The summed E-state index contributed by atoms with van der Waals surface area (Å²) >= 11 is 17.0. The zero-order valence-electron chi connectivity index (χ0n) is 16.2. The minimum absolute atomic E-state index is 0.0352. The highest BCUT2D eigenvalue weighted by molar-refractivity contribution is 7.92. The highest BCUT2D eigenvalue weighted by Gasteiger charge is 2.21. The normalized spacial score (nSPS) is 10.9. The van der Waals surface area contributed by atoms with Crippen LogP contribution in [0.5, 0.6) is 0 Å². The lowest BCUT2D eigenvalue weighted by molar-refractivity contribution is 0.0978. The van der Waals surface area contributed by atoms with Gasteiger partial charge in [-0.25, -0.2) is 8.42 Å². The Labute approximate surface area is 195 Å². The average Bonchev–Trinajstić information content (AvgIpc) is 2.74. The van der Waals surface area contributed by atoms with E-state index in [1.165, 1.54) is 35.6 Å². The number of para-hydroxylation sites is 1. The molecule has 0 aliphatic rings. The van der Waals surface area contributed by atoms with Gasteiger partial charge in [-0.15, -0.1) is 0 Å². The van der Waals surface area contributed by atoms with Crippen LogP contribution in [0, 0.1) is 0 Å². The summed E-state index contributed by atoms with van der Waals surface area (Å²) in [6, 6.07) is 19.3. The topological polar surface area (TPSA) is 78.5 Å². The molecule has 3 aromatic rings. The molecule has 160 valence electrons. The second-order valence-corrected chi connectivity index (χ2v) is 9.59. The van der Waals surface area contributed by atoms with Gasteiger partial charge in [-0.3, -0.25) is 14.4 Å². The van der Waals surface area contributed by atoms with Crippen LogP contribution in [0.4, 0.5) is 11.4 Å². The zero-order chi connectivity index (χ0) is 22.6. The molecule has 0 saturated carbocycles. The molecule has 6 nitrogen and oxygen atoms in total. The number of thiocarbonyl (C=S) groups is 1. The predicted octanol–water partition coefficient (Wildman–Crippen LogP) is 4.95. The molecule has 0 heterocycles. The van der Waals surface area contributed by atoms with Crippen LogP contribution in [0.2, 0.25) is 10.0 Å². The molecule has 0 unspecified atom stereocenters. The average molecular weight is 494 g/mol. The number of sulfonamides is 1. The quantitative estimate of drug-likeness (QED) is 0.491. The second-order valence-electron chi connectivity index (χ2n) is 6.36. The van der Waals surface area contributed by atoms with Gasteiger partial charge in [-0.1, -0.05) is 41.4 Å². The van der Waals surface area contributed by atoms with Crippen LogP contribution in [-0.2, 0) is 10.0 Å². The van der Waals surface area contributed by atoms with Crippen LogP contribution in [0.3, 0.4) is 0 Å². The lowest BCUT2D eigenvalue weighted by Crippen LogP contribution is -2.34. The van der Waals surface area contributed by atoms with Crippen molar-refractivity contribution in [3.8, 4) is 0 Å². The minimum Gasteiger partial charge on any atom is -0.332 e. The molecule has 0 atom stereocenters. The van der Waals surface area contributed by atoms with Crippen molar-refractivity contribution in [1.29, 1.82) is 0 Å². The maximum atomic E-state index is 12.8. The molecule has 2 N–H and O–H groups in total. The lowest BCUT2D eigenvalue weighted by atomic mass is 10.2. The second kappa shape index (κ2) is 9.65. The molecule has 0 saturated heterocycles. The third kappa shape index (κ3) is 5.54. The van der Waals surface area contributed by atoms with Crippen LogP contribution in [0.1, 0.15) is 10.4 Å². The molecule has 31 heavy (non-hydrogen) atoms. The molecule has 3 aromatic carbocycles. The molecule has 10 heteroatoms.